The second-order valence-corrected chi connectivity index (χ2v) is 4.37. The monoisotopic (exact) mass is 197 g/mol. The molecule has 0 N–H and O–H groups in total. The van der Waals surface area contributed by atoms with Crippen LogP contribution in [0, 0.1) is 5.92 Å². The van der Waals surface area contributed by atoms with Crippen LogP contribution in [0.4, 0.5) is 0 Å². The maximum atomic E-state index is 5.89. The summed E-state index contributed by atoms with van der Waals surface area (Å²) in [6.45, 7) is 5.22. The van der Waals surface area contributed by atoms with Crippen LogP contribution in [0.15, 0.2) is 41.9 Å². The fourth-order valence-corrected chi connectivity index (χ4v) is 2.16. The average Bonchev–Trinajstić information content (AvgIpc) is 2.17. The van der Waals surface area contributed by atoms with Gasteiger partial charge in [-0.1, -0.05) is 43.3 Å². The zero-order chi connectivity index (χ0) is 10.7. The molecular weight excluding hydrogens is 181 g/mol. The lowest BCUT2D eigenvalue weighted by molar-refractivity contribution is 0.255. The first-order valence-electron chi connectivity index (χ1n) is 5.46. The van der Waals surface area contributed by atoms with Gasteiger partial charge in [-0.25, -0.2) is 0 Å². The van der Waals surface area contributed by atoms with Gasteiger partial charge < -0.3 is 0 Å². The molecule has 2 radical (unpaired) electrons. The molecular formula is C13H16BN. The van der Waals surface area contributed by atoms with Crippen LogP contribution in [0.3, 0.4) is 0 Å². The highest BCUT2D eigenvalue weighted by Gasteiger charge is 2.14. The highest BCUT2D eigenvalue weighted by molar-refractivity contribution is 6.21. The zero-order valence-electron chi connectivity index (χ0n) is 9.19. The molecule has 2 rings (SSSR count). The fraction of sp³-hybridized carbons (Fsp3) is 0.385. The number of rotatable bonds is 2. The van der Waals surface area contributed by atoms with Crippen LogP contribution in [0.25, 0.3) is 0 Å². The van der Waals surface area contributed by atoms with Gasteiger partial charge in [0.1, 0.15) is 7.85 Å². The van der Waals surface area contributed by atoms with Crippen LogP contribution in [0.2, 0.25) is 0 Å². The standard InChI is InChI=1S/C13H16BN/c1-11-7-13(14)10-15(8-11)9-12-5-3-2-4-6-12/h2-7,11H,8-10H2,1H3. The van der Waals surface area contributed by atoms with E-state index in [1.54, 1.807) is 0 Å². The topological polar surface area (TPSA) is 3.24 Å². The summed E-state index contributed by atoms with van der Waals surface area (Å²) in [5.74, 6) is 0.572. The second-order valence-electron chi connectivity index (χ2n) is 4.37. The predicted octanol–water partition coefficient (Wildman–Crippen LogP) is 2.19. The Bertz CT molecular complexity index is 345. The van der Waals surface area contributed by atoms with Crippen molar-refractivity contribution in [1.29, 1.82) is 0 Å². The Morgan fingerprint density at radius 2 is 2.07 bits per heavy atom. The summed E-state index contributed by atoms with van der Waals surface area (Å²) < 4.78 is 0. The SMILES string of the molecule is [B]C1=CC(C)CN(Cc2ccccc2)C1. The zero-order valence-corrected chi connectivity index (χ0v) is 9.19. The van der Waals surface area contributed by atoms with E-state index < -0.39 is 0 Å². The quantitative estimate of drug-likeness (QED) is 0.657. The van der Waals surface area contributed by atoms with E-state index in [2.05, 4.69) is 48.2 Å². The molecule has 2 heteroatoms. The van der Waals surface area contributed by atoms with E-state index in [1.807, 2.05) is 0 Å². The molecule has 1 atom stereocenters. The summed E-state index contributed by atoms with van der Waals surface area (Å²) in [6.07, 6.45) is 2.17. The first kappa shape index (κ1) is 10.5. The van der Waals surface area contributed by atoms with Crippen molar-refractivity contribution in [3.63, 3.8) is 0 Å². The minimum absolute atomic E-state index is 0.572. The predicted molar refractivity (Wildman–Crippen MR) is 64.7 cm³/mol. The normalized spacial score (nSPS) is 22.5. The van der Waals surface area contributed by atoms with Gasteiger partial charge in [0, 0.05) is 19.6 Å². The lowest BCUT2D eigenvalue weighted by Crippen LogP contribution is -2.33. The molecule has 1 aromatic rings. The first-order valence-corrected chi connectivity index (χ1v) is 5.46. The van der Waals surface area contributed by atoms with Crippen LogP contribution >= 0.6 is 0 Å². The molecule has 0 fully saturated rings. The van der Waals surface area contributed by atoms with Crippen LogP contribution < -0.4 is 0 Å². The van der Waals surface area contributed by atoms with E-state index in [1.165, 1.54) is 5.56 Å². The highest BCUT2D eigenvalue weighted by Crippen LogP contribution is 2.15. The third-order valence-electron chi connectivity index (χ3n) is 2.70. The van der Waals surface area contributed by atoms with E-state index in [-0.39, 0.29) is 0 Å². The fourth-order valence-electron chi connectivity index (χ4n) is 2.16. The summed E-state index contributed by atoms with van der Waals surface area (Å²) in [7, 11) is 5.89. The van der Waals surface area contributed by atoms with E-state index in [0.29, 0.717) is 5.92 Å². The van der Waals surface area contributed by atoms with Gasteiger partial charge in [-0.05, 0) is 11.5 Å². The third kappa shape index (κ3) is 2.97. The first-order chi connectivity index (χ1) is 7.24. The van der Waals surface area contributed by atoms with Gasteiger partial charge >= 0.3 is 0 Å². The van der Waals surface area contributed by atoms with Crippen molar-refractivity contribution < 1.29 is 0 Å². The van der Waals surface area contributed by atoms with Gasteiger partial charge in [-0.3, -0.25) is 4.90 Å². The van der Waals surface area contributed by atoms with Crippen molar-refractivity contribution in [3.8, 4) is 0 Å². The Labute approximate surface area is 93.2 Å². The molecule has 15 heavy (non-hydrogen) atoms. The summed E-state index contributed by atoms with van der Waals surface area (Å²) in [5, 5.41) is 0. The van der Waals surface area contributed by atoms with Crippen LogP contribution in [-0.4, -0.2) is 25.8 Å². The largest absolute Gasteiger partial charge is 0.295 e. The van der Waals surface area contributed by atoms with Gasteiger partial charge in [0.05, 0.1) is 0 Å². The van der Waals surface area contributed by atoms with Gasteiger partial charge in [-0.2, -0.15) is 0 Å². The second kappa shape index (κ2) is 4.67. The molecule has 1 aromatic carbocycles. The molecule has 0 saturated carbocycles. The molecule has 1 unspecified atom stereocenters. The Morgan fingerprint density at radius 3 is 2.73 bits per heavy atom. The van der Waals surface area contributed by atoms with Crippen molar-refractivity contribution in [1.82, 2.24) is 4.90 Å². The van der Waals surface area contributed by atoms with E-state index in [4.69, 9.17) is 7.85 Å². The Hall–Kier alpha value is -1.02. The molecule has 76 valence electrons. The van der Waals surface area contributed by atoms with Crippen molar-refractivity contribution in [3.05, 3.63) is 47.4 Å². The Kier molecular flexibility index (Phi) is 3.27. The molecule has 0 saturated heterocycles. The summed E-state index contributed by atoms with van der Waals surface area (Å²) in [4.78, 5) is 2.40. The number of nitrogens with zero attached hydrogens (tertiary/aromatic N) is 1. The molecule has 1 heterocycles. The third-order valence-corrected chi connectivity index (χ3v) is 2.70. The van der Waals surface area contributed by atoms with Gasteiger partial charge in [0.25, 0.3) is 0 Å². The minimum atomic E-state index is 0.572. The van der Waals surface area contributed by atoms with Gasteiger partial charge in [0.15, 0.2) is 0 Å². The maximum Gasteiger partial charge on any atom is 0.109 e. The number of hydrogen-bond acceptors (Lipinski definition) is 1. The number of benzene rings is 1. The summed E-state index contributed by atoms with van der Waals surface area (Å²) in [5.41, 5.74) is 2.36. The summed E-state index contributed by atoms with van der Waals surface area (Å²) >= 11 is 0. The molecule has 1 nitrogen and oxygen atoms in total. The van der Waals surface area contributed by atoms with Gasteiger partial charge in [-0.15, -0.1) is 5.47 Å². The van der Waals surface area contributed by atoms with E-state index >= 15 is 0 Å². The minimum Gasteiger partial charge on any atom is -0.295 e. The van der Waals surface area contributed by atoms with Crippen LogP contribution in [-0.2, 0) is 6.54 Å². The van der Waals surface area contributed by atoms with Crippen molar-refractivity contribution in [2.45, 2.75) is 13.5 Å². The molecule has 0 bridgehead atoms. The van der Waals surface area contributed by atoms with E-state index in [9.17, 15) is 0 Å². The Balaban J connectivity index is 1.99. The van der Waals surface area contributed by atoms with Crippen molar-refractivity contribution in [2.24, 2.45) is 5.92 Å². The Morgan fingerprint density at radius 1 is 1.33 bits per heavy atom. The van der Waals surface area contributed by atoms with Crippen LogP contribution in [0.1, 0.15) is 12.5 Å². The van der Waals surface area contributed by atoms with Gasteiger partial charge in [0.2, 0.25) is 0 Å². The molecule has 1 aliphatic heterocycles. The lowest BCUT2D eigenvalue weighted by atomic mass is 9.88. The van der Waals surface area contributed by atoms with Crippen molar-refractivity contribution in [2.75, 3.05) is 13.1 Å². The van der Waals surface area contributed by atoms with Crippen molar-refractivity contribution >= 4 is 7.85 Å². The smallest absolute Gasteiger partial charge is 0.109 e. The van der Waals surface area contributed by atoms with E-state index in [0.717, 1.165) is 25.1 Å². The maximum absolute atomic E-state index is 5.89. The molecule has 0 amide bonds. The summed E-state index contributed by atoms with van der Waals surface area (Å²) in [6, 6.07) is 10.6. The molecule has 0 spiro atoms. The molecule has 0 aromatic heterocycles. The number of hydrogen-bond donors (Lipinski definition) is 0. The molecule has 1 aliphatic rings. The lowest BCUT2D eigenvalue weighted by Gasteiger charge is -2.30. The average molecular weight is 197 g/mol. The molecule has 0 aliphatic carbocycles. The highest BCUT2D eigenvalue weighted by atomic mass is 15.1. The van der Waals surface area contributed by atoms with Crippen LogP contribution in [0.5, 0.6) is 0 Å².